The second-order valence-corrected chi connectivity index (χ2v) is 27.6. The summed E-state index contributed by atoms with van der Waals surface area (Å²) in [5.74, 6) is 7.85. The average Bonchev–Trinajstić information content (AvgIpc) is 1.76. The first-order chi connectivity index (χ1) is 40.4. The van der Waals surface area contributed by atoms with Gasteiger partial charge in [0.15, 0.2) is 5.78 Å². The summed E-state index contributed by atoms with van der Waals surface area (Å²) in [7, 11) is 1.38. The van der Waals surface area contributed by atoms with Crippen LogP contribution in [0.2, 0.25) is 0 Å². The molecule has 0 atom stereocenters. The maximum absolute atomic E-state index is 13.1. The molecule has 4 N–H and O–H groups in total. The number of esters is 1. The molecule has 88 heavy (non-hydrogen) atoms. The number of rotatable bonds is 9. The largest absolute Gasteiger partial charge is 2.00 e. The molecule has 4 fully saturated rings. The first-order valence-corrected chi connectivity index (χ1v) is 30.5. The summed E-state index contributed by atoms with van der Waals surface area (Å²) in [5.41, 5.74) is 12.8. The number of carbonyl (C=O) groups is 2. The predicted molar refractivity (Wildman–Crippen MR) is 343 cm³/mol. The van der Waals surface area contributed by atoms with E-state index in [2.05, 4.69) is 116 Å². The number of halogens is 1. The van der Waals surface area contributed by atoms with E-state index in [9.17, 15) is 14.7 Å². The van der Waals surface area contributed by atoms with Crippen LogP contribution in [0.25, 0.3) is 66.5 Å². The minimum atomic E-state index is -1.09. The number of ketones is 1. The molecule has 0 bridgehead atoms. The van der Waals surface area contributed by atoms with Crippen molar-refractivity contribution in [1.82, 2.24) is 45.4 Å². The molecule has 468 valence electrons. The minimum Gasteiger partial charge on any atom is -1.00 e. The van der Waals surface area contributed by atoms with Crippen LogP contribution in [0.3, 0.4) is 0 Å². The fourth-order valence-electron chi connectivity index (χ4n) is 11.7. The summed E-state index contributed by atoms with van der Waals surface area (Å²) in [4.78, 5) is 49.9. The number of Topliss-reactive ketones (excluding diaryl/α,β-unsaturated/α-hetero) is 1. The number of imidazole rings is 3. The Hall–Kier alpha value is -6.18. The molecule has 3 aliphatic carbocycles. The van der Waals surface area contributed by atoms with Gasteiger partial charge in [-0.3, -0.25) is 4.79 Å². The molecule has 3 aromatic carbocycles. The number of benzene rings is 3. The van der Waals surface area contributed by atoms with Crippen molar-refractivity contribution in [2.45, 2.75) is 199 Å². The van der Waals surface area contributed by atoms with Crippen molar-refractivity contribution < 1.29 is 50.1 Å². The normalized spacial score (nSPS) is 15.1. The average molecular weight is 1230 g/mol. The summed E-state index contributed by atoms with van der Waals surface area (Å²) >= 11 is 0. The fraction of sp³-hybridized carbons (Fsp3) is 0.522. The number of nitrogens with one attached hydrogen (secondary N) is 3. The molecule has 0 unspecified atom stereocenters. The van der Waals surface area contributed by atoms with E-state index in [4.69, 9.17) is 33.0 Å². The van der Waals surface area contributed by atoms with E-state index in [0.29, 0.717) is 34.4 Å². The number of aliphatic hydroxyl groups is 1. The summed E-state index contributed by atoms with van der Waals surface area (Å²) in [5, 5.41) is 24.5. The van der Waals surface area contributed by atoms with Gasteiger partial charge in [0.25, 0.3) is 0 Å². The first-order valence-electron chi connectivity index (χ1n) is 30.5. The second kappa shape index (κ2) is 27.1. The minimum absolute atomic E-state index is 0. The molecule has 0 amide bonds. The van der Waals surface area contributed by atoms with E-state index in [-0.39, 0.29) is 41.2 Å². The van der Waals surface area contributed by atoms with Gasteiger partial charge in [-0.25, -0.2) is 19.7 Å². The van der Waals surface area contributed by atoms with E-state index in [1.165, 1.54) is 51.6 Å². The number of hydrogen-bond donors (Lipinski definition) is 4. The SMILES string of the molecule is C1CCOC1.COC(=O)c1cc(-c2c(C)noc2C)cc2[nH]c(C3CC3)nc12.C[C-](C)C.Cc1noc(C)c1-c1cc(C(=O)C(C)(C)C)c2nc(C3CC3)[nH]c2c1.Cc1noc(C)c1-c1cc(C(O)(C(C)(C)C)C(C)(C)C)c2nc(C3CC3)[nH]c2c1.[Cl-].[Mg+2]. The zero-order valence-electron chi connectivity index (χ0n) is 55.3. The zero-order chi connectivity index (χ0) is 62.5. The third kappa shape index (κ3) is 14.8. The van der Waals surface area contributed by atoms with Crippen molar-refractivity contribution in [3.63, 3.8) is 0 Å². The molecule has 13 rings (SSSR count). The third-order valence-corrected chi connectivity index (χ3v) is 16.4. The van der Waals surface area contributed by atoms with Gasteiger partial charge < -0.3 is 61.4 Å². The molecule has 1 aliphatic heterocycles. The maximum Gasteiger partial charge on any atom is 2.00 e. The molecular formula is C69H90ClMgN9O8. The molecule has 19 heteroatoms. The summed E-state index contributed by atoms with van der Waals surface area (Å²) in [6.07, 6.45) is 9.52. The van der Waals surface area contributed by atoms with Gasteiger partial charge in [-0.2, -0.15) is 20.8 Å². The van der Waals surface area contributed by atoms with Crippen LogP contribution in [0.4, 0.5) is 0 Å². The quantitative estimate of drug-likeness (QED) is 0.0455. The number of ether oxygens (including phenoxy) is 2. The van der Waals surface area contributed by atoms with Gasteiger partial charge in [0.2, 0.25) is 0 Å². The Balaban J connectivity index is 0.000000174. The monoisotopic (exact) mass is 1230 g/mol. The number of nitrogens with zero attached hydrogens (tertiary/aromatic N) is 6. The molecule has 17 nitrogen and oxygen atoms in total. The second-order valence-electron chi connectivity index (χ2n) is 27.6. The number of H-pyrrole nitrogens is 3. The van der Waals surface area contributed by atoms with Crippen LogP contribution in [0, 0.1) is 63.7 Å². The Kier molecular flexibility index (Phi) is 21.3. The van der Waals surface area contributed by atoms with E-state index in [1.807, 2.05) is 74.4 Å². The smallest absolute Gasteiger partial charge is 1.00 e. The van der Waals surface area contributed by atoms with Crippen molar-refractivity contribution in [2.24, 2.45) is 16.2 Å². The van der Waals surface area contributed by atoms with Crippen molar-refractivity contribution in [1.29, 1.82) is 0 Å². The number of aryl methyl sites for hydroxylation is 6. The Morgan fingerprint density at radius 2 is 0.875 bits per heavy atom. The van der Waals surface area contributed by atoms with Gasteiger partial charge in [0.1, 0.15) is 45.9 Å². The zero-order valence-corrected chi connectivity index (χ0v) is 57.5. The number of carbonyl (C=O) groups excluding carboxylic acids is 2. The van der Waals surface area contributed by atoms with Gasteiger partial charge in [-0.05, 0) is 157 Å². The first kappa shape index (κ1) is 69.3. The molecular weight excluding hydrogens is 1140 g/mol. The summed E-state index contributed by atoms with van der Waals surface area (Å²) in [6.45, 7) is 38.1. The number of hydrogen-bond acceptors (Lipinski definition) is 14. The van der Waals surface area contributed by atoms with Gasteiger partial charge in [-0.1, -0.05) is 77.8 Å². The third-order valence-electron chi connectivity index (χ3n) is 16.4. The van der Waals surface area contributed by atoms with Crippen LogP contribution in [0.15, 0.2) is 50.0 Å². The number of aromatic nitrogens is 9. The van der Waals surface area contributed by atoms with Gasteiger partial charge in [0.05, 0.1) is 57.3 Å². The topological polar surface area (TPSA) is 237 Å². The summed E-state index contributed by atoms with van der Waals surface area (Å²) < 4.78 is 25.9. The summed E-state index contributed by atoms with van der Waals surface area (Å²) in [6, 6.07) is 12.0. The van der Waals surface area contributed by atoms with Crippen LogP contribution in [0.5, 0.6) is 0 Å². The molecule has 0 spiro atoms. The van der Waals surface area contributed by atoms with E-state index >= 15 is 0 Å². The van der Waals surface area contributed by atoms with E-state index in [1.54, 1.807) is 6.07 Å². The maximum atomic E-state index is 13.1. The molecule has 4 aliphatic rings. The van der Waals surface area contributed by atoms with Crippen LogP contribution in [-0.2, 0) is 15.1 Å². The van der Waals surface area contributed by atoms with Crippen molar-refractivity contribution in [3.05, 3.63) is 111 Å². The Labute approximate surface area is 540 Å². The Morgan fingerprint density at radius 3 is 1.17 bits per heavy atom. The Morgan fingerprint density at radius 1 is 0.545 bits per heavy atom. The van der Waals surface area contributed by atoms with E-state index < -0.39 is 27.8 Å². The molecule has 3 saturated carbocycles. The van der Waals surface area contributed by atoms with Crippen molar-refractivity contribution >= 4 is 67.9 Å². The molecule has 0 radical (unpaired) electrons. The Bertz CT molecular complexity index is 3830. The van der Waals surface area contributed by atoms with Crippen molar-refractivity contribution in [3.8, 4) is 33.4 Å². The van der Waals surface area contributed by atoms with Crippen LogP contribution in [0.1, 0.15) is 230 Å². The number of aromatic amines is 3. The fourth-order valence-corrected chi connectivity index (χ4v) is 11.7. The number of methoxy groups -OCH3 is 1. The van der Waals surface area contributed by atoms with Gasteiger partial charge in [-0.15, -0.1) is 0 Å². The predicted octanol–water partition coefficient (Wildman–Crippen LogP) is 13.5. The van der Waals surface area contributed by atoms with Gasteiger partial charge in [0, 0.05) is 64.2 Å². The van der Waals surface area contributed by atoms with Crippen LogP contribution in [-0.4, -0.2) is 106 Å². The molecule has 9 aromatic rings. The molecule has 6 aromatic heterocycles. The number of fused-ring (bicyclic) bond motifs is 3. The molecule has 1 saturated heterocycles. The van der Waals surface area contributed by atoms with E-state index in [0.717, 1.165) is 144 Å². The van der Waals surface area contributed by atoms with Gasteiger partial charge >= 0.3 is 29.0 Å². The van der Waals surface area contributed by atoms with Crippen LogP contribution >= 0.6 is 0 Å². The van der Waals surface area contributed by atoms with Crippen LogP contribution < -0.4 is 12.4 Å². The van der Waals surface area contributed by atoms with Crippen molar-refractivity contribution in [2.75, 3.05) is 20.3 Å². The standard InChI is InChI=1S/C24H33N3O2.C20H23N3O2.C17H17N3O3.C4H8O.C4H9.ClH.Mg/c1-13-19(14(2)29-27-13)16-11-17(24(28,22(3,4)5)23(6,7)8)20-18(12-16)25-21(26-20)15-9-10-15;1-10-16(11(2)25-23-10)13-8-14(18(24)20(3,4)5)17-15(9-13)21-19(22-17)12-6-7-12;1-8-14(9(2)23-20-8)11-6-12(17(21)22-3)15-13(7-11)18-16(19-15)10-4-5-10;1-2-4-5-3-1;1-4(2)3;;/h11-12,15,28H,9-10H2,1-8H3,(H,25,26);8-9,12H,6-7H2,1-5H3,(H,21,22);6-7,10H,4-5H2,1-3H3,(H,18,19);1-4H2;1-3H3;1H;/q;;;;-1;;+2/p-1. The molecule has 7 heterocycles.